The SMILES string of the molecule is O=C(OC1CC2=CC=CCC2N(S(=O)(=O)c2ccc(Cl)cc2)C1)N1CCCC1. The predicted octanol–water partition coefficient (Wildman–Crippen LogP) is 3.59. The number of hydrogen-bond donors (Lipinski definition) is 0. The van der Waals surface area contributed by atoms with E-state index in [9.17, 15) is 13.2 Å². The van der Waals surface area contributed by atoms with Gasteiger partial charge in [-0.1, -0.05) is 29.8 Å². The first-order chi connectivity index (χ1) is 13.4. The first-order valence-corrected chi connectivity index (χ1v) is 11.4. The fourth-order valence-corrected chi connectivity index (χ4v) is 5.82. The van der Waals surface area contributed by atoms with Crippen molar-refractivity contribution in [1.29, 1.82) is 0 Å². The molecule has 150 valence electrons. The highest BCUT2D eigenvalue weighted by atomic mass is 35.5. The monoisotopic (exact) mass is 422 g/mol. The van der Waals surface area contributed by atoms with E-state index in [0.29, 0.717) is 31.0 Å². The van der Waals surface area contributed by atoms with Crippen molar-refractivity contribution in [3.05, 3.63) is 53.1 Å². The number of nitrogens with zero attached hydrogens (tertiary/aromatic N) is 2. The third kappa shape index (κ3) is 3.83. The Labute approximate surface area is 170 Å². The van der Waals surface area contributed by atoms with Gasteiger partial charge in [-0.05, 0) is 49.1 Å². The lowest BCUT2D eigenvalue weighted by atomic mass is 9.90. The largest absolute Gasteiger partial charge is 0.444 e. The third-order valence-corrected chi connectivity index (χ3v) is 7.62. The van der Waals surface area contributed by atoms with Crippen LogP contribution in [0.1, 0.15) is 25.7 Å². The first kappa shape index (κ1) is 19.5. The Balaban J connectivity index is 1.59. The number of rotatable bonds is 3. The molecule has 2 saturated heterocycles. The van der Waals surface area contributed by atoms with Gasteiger partial charge in [-0.3, -0.25) is 0 Å². The summed E-state index contributed by atoms with van der Waals surface area (Å²) in [5.41, 5.74) is 0.977. The Morgan fingerprint density at radius 3 is 2.57 bits per heavy atom. The summed E-state index contributed by atoms with van der Waals surface area (Å²) in [5.74, 6) is 0. The maximum absolute atomic E-state index is 13.3. The average Bonchev–Trinajstić information content (AvgIpc) is 3.23. The smallest absolute Gasteiger partial charge is 0.410 e. The van der Waals surface area contributed by atoms with Crippen molar-refractivity contribution >= 4 is 27.7 Å². The van der Waals surface area contributed by atoms with Crippen LogP contribution in [0.5, 0.6) is 0 Å². The normalized spacial score (nSPS) is 25.3. The first-order valence-electron chi connectivity index (χ1n) is 9.54. The summed E-state index contributed by atoms with van der Waals surface area (Å²) in [7, 11) is -3.74. The molecule has 0 N–H and O–H groups in total. The molecule has 0 spiro atoms. The second kappa shape index (κ2) is 7.89. The molecule has 0 saturated carbocycles. The standard InChI is InChI=1S/C20H23ClN2O4S/c21-16-7-9-18(10-8-16)28(25,26)23-14-17(13-15-5-1-2-6-19(15)23)27-20(24)22-11-3-4-12-22/h1-2,5,7-10,17,19H,3-4,6,11-14H2. The molecule has 8 heteroatoms. The van der Waals surface area contributed by atoms with Crippen molar-refractivity contribution in [3.63, 3.8) is 0 Å². The van der Waals surface area contributed by atoms with E-state index in [1.54, 1.807) is 17.0 Å². The summed E-state index contributed by atoms with van der Waals surface area (Å²) < 4.78 is 33.8. The molecule has 0 aromatic heterocycles. The lowest BCUT2D eigenvalue weighted by Gasteiger charge is -2.40. The van der Waals surface area contributed by atoms with Crippen LogP contribution in [0.4, 0.5) is 4.79 Å². The summed E-state index contributed by atoms with van der Waals surface area (Å²) in [6.07, 6.45) is 8.13. The third-order valence-electron chi connectivity index (χ3n) is 5.48. The van der Waals surface area contributed by atoms with Gasteiger partial charge < -0.3 is 9.64 Å². The number of hydrogen-bond acceptors (Lipinski definition) is 4. The number of fused-ring (bicyclic) bond motifs is 1. The molecule has 28 heavy (non-hydrogen) atoms. The van der Waals surface area contributed by atoms with E-state index >= 15 is 0 Å². The van der Waals surface area contributed by atoms with Crippen LogP contribution in [0.15, 0.2) is 53.0 Å². The fraction of sp³-hybridized carbons (Fsp3) is 0.450. The van der Waals surface area contributed by atoms with Crippen molar-refractivity contribution in [1.82, 2.24) is 9.21 Å². The van der Waals surface area contributed by atoms with Crippen molar-refractivity contribution in [2.24, 2.45) is 0 Å². The lowest BCUT2D eigenvalue weighted by molar-refractivity contribution is 0.0450. The number of benzene rings is 1. The van der Waals surface area contributed by atoms with Gasteiger partial charge >= 0.3 is 6.09 Å². The Morgan fingerprint density at radius 1 is 1.14 bits per heavy atom. The van der Waals surface area contributed by atoms with Gasteiger partial charge in [0.1, 0.15) is 6.10 Å². The van der Waals surface area contributed by atoms with Crippen LogP contribution < -0.4 is 0 Å². The van der Waals surface area contributed by atoms with Crippen LogP contribution in [-0.4, -0.2) is 55.5 Å². The maximum Gasteiger partial charge on any atom is 0.410 e. The van der Waals surface area contributed by atoms with Crippen molar-refractivity contribution < 1.29 is 17.9 Å². The molecule has 0 bridgehead atoms. The molecule has 4 rings (SSSR count). The minimum atomic E-state index is -3.74. The van der Waals surface area contributed by atoms with Crippen LogP contribution in [-0.2, 0) is 14.8 Å². The van der Waals surface area contributed by atoms with Crippen LogP contribution in [0.3, 0.4) is 0 Å². The summed E-state index contributed by atoms with van der Waals surface area (Å²) in [4.78, 5) is 14.3. The van der Waals surface area contributed by atoms with Crippen molar-refractivity contribution in [2.45, 2.75) is 42.7 Å². The number of carbonyl (C=O) groups is 1. The molecule has 2 atom stereocenters. The Morgan fingerprint density at radius 2 is 1.86 bits per heavy atom. The topological polar surface area (TPSA) is 66.9 Å². The lowest BCUT2D eigenvalue weighted by Crippen LogP contribution is -2.51. The second-order valence-electron chi connectivity index (χ2n) is 7.35. The number of sulfonamides is 1. The molecular formula is C20H23ClN2O4S. The number of piperidine rings is 1. The zero-order valence-electron chi connectivity index (χ0n) is 15.5. The van der Waals surface area contributed by atoms with E-state index in [4.69, 9.17) is 16.3 Å². The molecule has 1 aliphatic carbocycles. The second-order valence-corrected chi connectivity index (χ2v) is 9.68. The van der Waals surface area contributed by atoms with Crippen molar-refractivity contribution in [2.75, 3.05) is 19.6 Å². The highest BCUT2D eigenvalue weighted by Gasteiger charge is 2.41. The van der Waals surface area contributed by atoms with Gasteiger partial charge in [0.25, 0.3) is 0 Å². The molecule has 0 radical (unpaired) electrons. The van der Waals surface area contributed by atoms with Gasteiger partial charge in [0.2, 0.25) is 10.0 Å². The van der Waals surface area contributed by atoms with E-state index < -0.39 is 16.1 Å². The van der Waals surface area contributed by atoms with Gasteiger partial charge in [-0.2, -0.15) is 4.31 Å². The van der Waals surface area contributed by atoms with E-state index in [2.05, 4.69) is 0 Å². The number of carbonyl (C=O) groups excluding carboxylic acids is 1. The Kier molecular flexibility index (Phi) is 5.49. The molecule has 1 aromatic rings. The number of likely N-dealkylation sites (tertiary alicyclic amines) is 1. The van der Waals surface area contributed by atoms with Crippen LogP contribution in [0, 0.1) is 0 Å². The van der Waals surface area contributed by atoms with Crippen LogP contribution in [0.2, 0.25) is 5.02 Å². The molecule has 3 aliphatic rings. The molecule has 2 aliphatic heterocycles. The van der Waals surface area contributed by atoms with E-state index in [1.807, 2.05) is 18.2 Å². The highest BCUT2D eigenvalue weighted by molar-refractivity contribution is 7.89. The van der Waals surface area contributed by atoms with Gasteiger partial charge in [-0.25, -0.2) is 13.2 Å². The summed E-state index contributed by atoms with van der Waals surface area (Å²) in [6, 6.07) is 5.92. The zero-order valence-corrected chi connectivity index (χ0v) is 17.0. The van der Waals surface area contributed by atoms with E-state index in [1.165, 1.54) is 16.4 Å². The number of amides is 1. The maximum atomic E-state index is 13.3. The molecule has 6 nitrogen and oxygen atoms in total. The molecule has 2 unspecified atom stereocenters. The number of halogens is 1. The van der Waals surface area contributed by atoms with Gasteiger partial charge in [0.15, 0.2) is 0 Å². The molecule has 2 fully saturated rings. The molecule has 1 amide bonds. The quantitative estimate of drug-likeness (QED) is 0.746. The summed E-state index contributed by atoms with van der Waals surface area (Å²) in [5, 5.41) is 0.483. The Bertz CT molecular complexity index is 905. The highest BCUT2D eigenvalue weighted by Crippen LogP contribution is 2.34. The Hall–Kier alpha value is -1.83. The van der Waals surface area contributed by atoms with Gasteiger partial charge in [-0.15, -0.1) is 0 Å². The molecule has 2 heterocycles. The minimum Gasteiger partial charge on any atom is -0.444 e. The molecule has 1 aromatic carbocycles. The van der Waals surface area contributed by atoms with E-state index in [-0.39, 0.29) is 23.6 Å². The number of allylic oxidation sites excluding steroid dienone is 2. The fourth-order valence-electron chi connectivity index (χ4n) is 4.03. The van der Waals surface area contributed by atoms with Crippen molar-refractivity contribution in [3.8, 4) is 0 Å². The van der Waals surface area contributed by atoms with Crippen LogP contribution in [0.25, 0.3) is 0 Å². The summed E-state index contributed by atoms with van der Waals surface area (Å²) >= 11 is 5.91. The zero-order chi connectivity index (χ0) is 19.7. The van der Waals surface area contributed by atoms with Gasteiger partial charge in [0.05, 0.1) is 17.5 Å². The van der Waals surface area contributed by atoms with Crippen LogP contribution >= 0.6 is 11.6 Å². The van der Waals surface area contributed by atoms with Gasteiger partial charge in [0, 0.05) is 24.5 Å². The minimum absolute atomic E-state index is 0.153. The van der Waals surface area contributed by atoms with E-state index in [0.717, 1.165) is 18.4 Å². The summed E-state index contributed by atoms with van der Waals surface area (Å²) in [6.45, 7) is 1.55. The number of ether oxygens (including phenoxy) is 1. The predicted molar refractivity (Wildman–Crippen MR) is 107 cm³/mol. The average molecular weight is 423 g/mol. The molecular weight excluding hydrogens is 400 g/mol.